The number of rotatable bonds is 6. The van der Waals surface area contributed by atoms with Crippen molar-refractivity contribution in [1.29, 1.82) is 0 Å². The number of para-hydroxylation sites is 1. The fraction of sp³-hybridized carbons (Fsp3) is 0.333. The highest BCUT2D eigenvalue weighted by Gasteiger charge is 2.22. The summed E-state index contributed by atoms with van der Waals surface area (Å²) in [5, 5.41) is 9.87. The lowest BCUT2D eigenvalue weighted by molar-refractivity contribution is -0.119. The van der Waals surface area contributed by atoms with Crippen LogP contribution in [0.25, 0.3) is 5.69 Å². The fourth-order valence-corrected chi connectivity index (χ4v) is 2.86. The molecular formula is C18H20N4O4. The topological polar surface area (TPSA) is 102 Å². The Labute approximate surface area is 150 Å². The van der Waals surface area contributed by atoms with Crippen LogP contribution in [0.4, 0.5) is 0 Å². The van der Waals surface area contributed by atoms with Crippen molar-refractivity contribution in [2.75, 3.05) is 13.7 Å². The van der Waals surface area contributed by atoms with E-state index in [0.717, 1.165) is 6.42 Å². The van der Waals surface area contributed by atoms with E-state index in [-0.39, 0.29) is 29.2 Å². The molecule has 8 heteroatoms. The van der Waals surface area contributed by atoms with Crippen LogP contribution in [0.2, 0.25) is 0 Å². The SMILES string of the molecule is COC(=O)c1cc(C(=O)NCC[C@H]2CCC(=O)N2)n(-c2ccccc2)n1. The van der Waals surface area contributed by atoms with Gasteiger partial charge in [0.15, 0.2) is 5.69 Å². The first-order valence-electron chi connectivity index (χ1n) is 8.40. The fourth-order valence-electron chi connectivity index (χ4n) is 2.86. The van der Waals surface area contributed by atoms with Crippen molar-refractivity contribution < 1.29 is 19.1 Å². The van der Waals surface area contributed by atoms with Crippen LogP contribution in [-0.4, -0.2) is 47.3 Å². The number of carbonyl (C=O) groups excluding carboxylic acids is 3. The molecule has 0 bridgehead atoms. The number of aromatic nitrogens is 2. The summed E-state index contributed by atoms with van der Waals surface area (Å²) in [5.41, 5.74) is 0.965. The molecule has 3 rings (SSSR count). The summed E-state index contributed by atoms with van der Waals surface area (Å²) in [6.45, 7) is 0.414. The van der Waals surface area contributed by atoms with E-state index in [2.05, 4.69) is 15.7 Å². The Hall–Kier alpha value is -3.16. The minimum atomic E-state index is -0.609. The number of benzene rings is 1. The van der Waals surface area contributed by atoms with Crippen molar-refractivity contribution in [1.82, 2.24) is 20.4 Å². The second-order valence-electron chi connectivity index (χ2n) is 6.00. The largest absolute Gasteiger partial charge is 0.464 e. The Balaban J connectivity index is 1.74. The predicted octanol–water partition coefficient (Wildman–Crippen LogP) is 1.06. The summed E-state index contributed by atoms with van der Waals surface area (Å²) >= 11 is 0. The summed E-state index contributed by atoms with van der Waals surface area (Å²) in [5.74, 6) is -0.908. The molecule has 1 aromatic heterocycles. The Morgan fingerprint density at radius 2 is 2.12 bits per heavy atom. The van der Waals surface area contributed by atoms with Gasteiger partial charge in [0.25, 0.3) is 5.91 Å². The maximum Gasteiger partial charge on any atom is 0.358 e. The number of esters is 1. The van der Waals surface area contributed by atoms with E-state index in [1.165, 1.54) is 17.9 Å². The zero-order valence-corrected chi connectivity index (χ0v) is 14.4. The molecule has 1 atom stereocenters. The van der Waals surface area contributed by atoms with Gasteiger partial charge < -0.3 is 15.4 Å². The number of methoxy groups -OCH3 is 1. The molecular weight excluding hydrogens is 336 g/mol. The van der Waals surface area contributed by atoms with E-state index in [4.69, 9.17) is 4.74 Å². The van der Waals surface area contributed by atoms with Gasteiger partial charge >= 0.3 is 5.97 Å². The Morgan fingerprint density at radius 3 is 2.77 bits per heavy atom. The average Bonchev–Trinajstić information content (AvgIpc) is 3.28. The van der Waals surface area contributed by atoms with Crippen molar-refractivity contribution in [2.45, 2.75) is 25.3 Å². The molecule has 0 saturated carbocycles. The zero-order valence-electron chi connectivity index (χ0n) is 14.4. The van der Waals surface area contributed by atoms with E-state index < -0.39 is 5.97 Å². The maximum atomic E-state index is 12.6. The molecule has 1 aliphatic heterocycles. The van der Waals surface area contributed by atoms with Gasteiger partial charge in [-0.2, -0.15) is 5.10 Å². The van der Waals surface area contributed by atoms with Crippen LogP contribution < -0.4 is 10.6 Å². The zero-order chi connectivity index (χ0) is 18.5. The van der Waals surface area contributed by atoms with Crippen molar-refractivity contribution in [3.05, 3.63) is 47.8 Å². The summed E-state index contributed by atoms with van der Waals surface area (Å²) < 4.78 is 6.11. The minimum Gasteiger partial charge on any atom is -0.464 e. The van der Waals surface area contributed by atoms with Gasteiger partial charge in [-0.3, -0.25) is 9.59 Å². The van der Waals surface area contributed by atoms with E-state index in [1.807, 2.05) is 18.2 Å². The lowest BCUT2D eigenvalue weighted by atomic mass is 10.1. The van der Waals surface area contributed by atoms with Crippen LogP contribution in [0.3, 0.4) is 0 Å². The molecule has 1 aromatic carbocycles. The molecule has 0 spiro atoms. The molecule has 1 saturated heterocycles. The standard InChI is InChI=1S/C18H20N4O4/c1-26-18(25)14-11-15(22(21-14)13-5-3-2-4-6-13)17(24)19-10-9-12-7-8-16(23)20-12/h2-6,11-12H,7-10H2,1H3,(H,19,24)(H,20,23)/t12-/m1/s1. The number of hydrogen-bond acceptors (Lipinski definition) is 5. The highest BCUT2D eigenvalue weighted by atomic mass is 16.5. The molecule has 8 nitrogen and oxygen atoms in total. The maximum absolute atomic E-state index is 12.6. The lowest BCUT2D eigenvalue weighted by Crippen LogP contribution is -2.32. The van der Waals surface area contributed by atoms with Gasteiger partial charge in [0.05, 0.1) is 12.8 Å². The minimum absolute atomic E-state index is 0.0474. The van der Waals surface area contributed by atoms with E-state index in [1.54, 1.807) is 12.1 Å². The van der Waals surface area contributed by atoms with Crippen molar-refractivity contribution >= 4 is 17.8 Å². The predicted molar refractivity (Wildman–Crippen MR) is 93.0 cm³/mol. The van der Waals surface area contributed by atoms with Gasteiger partial charge in [-0.15, -0.1) is 0 Å². The first-order valence-corrected chi connectivity index (χ1v) is 8.40. The monoisotopic (exact) mass is 356 g/mol. The highest BCUT2D eigenvalue weighted by molar-refractivity contribution is 5.96. The average molecular weight is 356 g/mol. The molecule has 136 valence electrons. The molecule has 0 unspecified atom stereocenters. The number of hydrogen-bond donors (Lipinski definition) is 2. The van der Waals surface area contributed by atoms with E-state index >= 15 is 0 Å². The molecule has 0 aliphatic carbocycles. The summed E-state index contributed by atoms with van der Waals surface area (Å²) in [6.07, 6.45) is 1.96. The van der Waals surface area contributed by atoms with Crippen molar-refractivity contribution in [3.8, 4) is 5.69 Å². The third kappa shape index (κ3) is 3.90. The quantitative estimate of drug-likeness (QED) is 0.754. The van der Waals surface area contributed by atoms with E-state index in [0.29, 0.717) is 25.1 Å². The number of nitrogens with zero attached hydrogens (tertiary/aromatic N) is 2. The Morgan fingerprint density at radius 1 is 1.35 bits per heavy atom. The van der Waals surface area contributed by atoms with Crippen LogP contribution in [0.5, 0.6) is 0 Å². The van der Waals surface area contributed by atoms with Gasteiger partial charge in [0.1, 0.15) is 5.69 Å². The molecule has 26 heavy (non-hydrogen) atoms. The summed E-state index contributed by atoms with van der Waals surface area (Å²) in [4.78, 5) is 35.6. The van der Waals surface area contributed by atoms with Crippen LogP contribution >= 0.6 is 0 Å². The lowest BCUT2D eigenvalue weighted by Gasteiger charge is -2.11. The van der Waals surface area contributed by atoms with Gasteiger partial charge in [-0.1, -0.05) is 18.2 Å². The summed E-state index contributed by atoms with van der Waals surface area (Å²) in [6, 6.07) is 10.6. The van der Waals surface area contributed by atoms with Crippen LogP contribution in [0.1, 0.15) is 40.2 Å². The van der Waals surface area contributed by atoms with Crippen molar-refractivity contribution in [2.24, 2.45) is 0 Å². The summed E-state index contributed by atoms with van der Waals surface area (Å²) in [7, 11) is 1.26. The smallest absolute Gasteiger partial charge is 0.358 e. The van der Waals surface area contributed by atoms with Crippen LogP contribution in [-0.2, 0) is 9.53 Å². The number of carbonyl (C=O) groups is 3. The van der Waals surface area contributed by atoms with Gasteiger partial charge in [-0.25, -0.2) is 9.48 Å². The third-order valence-corrected chi connectivity index (χ3v) is 4.20. The molecule has 1 fully saturated rings. The second kappa shape index (κ2) is 7.81. The Kier molecular flexibility index (Phi) is 5.31. The number of ether oxygens (including phenoxy) is 1. The highest BCUT2D eigenvalue weighted by Crippen LogP contribution is 2.14. The molecule has 2 amide bonds. The molecule has 2 aromatic rings. The van der Waals surface area contributed by atoms with Gasteiger partial charge in [-0.05, 0) is 25.0 Å². The first-order chi connectivity index (χ1) is 12.6. The second-order valence-corrected chi connectivity index (χ2v) is 6.00. The van der Waals surface area contributed by atoms with E-state index in [9.17, 15) is 14.4 Å². The molecule has 1 aliphatic rings. The Bertz CT molecular complexity index is 816. The molecule has 2 N–H and O–H groups in total. The van der Waals surface area contributed by atoms with Gasteiger partial charge in [0, 0.05) is 25.1 Å². The third-order valence-electron chi connectivity index (χ3n) is 4.20. The van der Waals surface area contributed by atoms with Crippen LogP contribution in [0, 0.1) is 0 Å². The number of nitrogens with one attached hydrogen (secondary N) is 2. The molecule has 0 radical (unpaired) electrons. The number of amides is 2. The molecule has 2 heterocycles. The van der Waals surface area contributed by atoms with Crippen LogP contribution in [0.15, 0.2) is 36.4 Å². The van der Waals surface area contributed by atoms with Crippen molar-refractivity contribution in [3.63, 3.8) is 0 Å². The van der Waals surface area contributed by atoms with Gasteiger partial charge in [0.2, 0.25) is 5.91 Å². The first kappa shape index (κ1) is 17.7. The normalized spacial score (nSPS) is 16.2.